The van der Waals surface area contributed by atoms with Crippen LogP contribution in [0.1, 0.15) is 46.5 Å². The maximum Gasteiger partial charge on any atom is 0.263 e. The van der Waals surface area contributed by atoms with E-state index in [0.29, 0.717) is 31.1 Å². The highest BCUT2D eigenvalue weighted by Crippen LogP contribution is 2.30. The summed E-state index contributed by atoms with van der Waals surface area (Å²) in [5.41, 5.74) is 4.94. The molecule has 0 unspecified atom stereocenters. The summed E-state index contributed by atoms with van der Waals surface area (Å²) in [4.78, 5) is 32.5. The number of nitrogens with one attached hydrogen (secondary N) is 1. The van der Waals surface area contributed by atoms with Gasteiger partial charge in [-0.1, -0.05) is 18.2 Å². The molecule has 1 fully saturated rings. The molecule has 3 heterocycles. The van der Waals surface area contributed by atoms with Gasteiger partial charge in [-0.2, -0.15) is 0 Å². The molecule has 1 aliphatic heterocycles. The third-order valence-electron chi connectivity index (χ3n) is 6.26. The number of thiophene rings is 1. The molecule has 0 spiro atoms. The molecule has 2 amide bonds. The number of benzene rings is 1. The van der Waals surface area contributed by atoms with Gasteiger partial charge in [0.15, 0.2) is 5.13 Å². The van der Waals surface area contributed by atoms with Crippen molar-refractivity contribution in [2.45, 2.75) is 38.5 Å². The van der Waals surface area contributed by atoms with Crippen LogP contribution in [0.2, 0.25) is 0 Å². The lowest BCUT2D eigenvalue weighted by molar-refractivity contribution is -0.121. The number of carbonyl (C=O) groups excluding carboxylic acids is 2. The minimum Gasteiger partial charge on any atom is -0.338 e. The largest absolute Gasteiger partial charge is 0.338 e. The first-order valence-electron chi connectivity index (χ1n) is 10.9. The Morgan fingerprint density at radius 3 is 2.61 bits per heavy atom. The third kappa shape index (κ3) is 4.43. The predicted molar refractivity (Wildman–Crippen MR) is 126 cm³/mol. The zero-order valence-corrected chi connectivity index (χ0v) is 18.9. The standard InChI is InChI=1S/C24H25N3O2S2/c28-22(17-9-11-27(12-10-17)23(29)21-6-3-13-30-21)26-24-25-20(15-31-24)19-8-7-16-4-1-2-5-18(16)14-19/h3,6-8,13-15,17H,1-2,4-5,9-12H2,(H,25,26,28). The van der Waals surface area contributed by atoms with E-state index in [-0.39, 0.29) is 17.7 Å². The lowest BCUT2D eigenvalue weighted by Gasteiger charge is -2.30. The van der Waals surface area contributed by atoms with E-state index < -0.39 is 0 Å². The Morgan fingerprint density at radius 2 is 1.84 bits per heavy atom. The van der Waals surface area contributed by atoms with Gasteiger partial charge in [0.25, 0.3) is 5.91 Å². The number of hydrogen-bond acceptors (Lipinski definition) is 5. The van der Waals surface area contributed by atoms with E-state index in [0.717, 1.165) is 22.6 Å². The van der Waals surface area contributed by atoms with Gasteiger partial charge < -0.3 is 10.2 Å². The number of piperidine rings is 1. The third-order valence-corrected chi connectivity index (χ3v) is 7.88. The Bertz CT molecular complexity index is 1080. The van der Waals surface area contributed by atoms with Crippen molar-refractivity contribution in [3.63, 3.8) is 0 Å². The molecule has 0 radical (unpaired) electrons. The molecular formula is C24H25N3O2S2. The van der Waals surface area contributed by atoms with Crippen LogP contribution in [0.3, 0.4) is 0 Å². The van der Waals surface area contributed by atoms with E-state index in [4.69, 9.17) is 0 Å². The highest BCUT2D eigenvalue weighted by Gasteiger charge is 2.28. The number of fused-ring (bicyclic) bond motifs is 1. The second-order valence-corrected chi connectivity index (χ2v) is 10.1. The lowest BCUT2D eigenvalue weighted by Crippen LogP contribution is -2.41. The first-order valence-corrected chi connectivity index (χ1v) is 12.6. The molecule has 1 saturated heterocycles. The number of anilines is 1. The number of thiazole rings is 1. The van der Waals surface area contributed by atoms with Crippen LogP contribution in [0, 0.1) is 5.92 Å². The topological polar surface area (TPSA) is 62.3 Å². The lowest BCUT2D eigenvalue weighted by atomic mass is 9.90. The van der Waals surface area contributed by atoms with E-state index in [1.165, 1.54) is 53.1 Å². The summed E-state index contributed by atoms with van der Waals surface area (Å²) < 4.78 is 0. The van der Waals surface area contributed by atoms with Crippen LogP contribution in [0.5, 0.6) is 0 Å². The van der Waals surface area contributed by atoms with Gasteiger partial charge in [0, 0.05) is 30.0 Å². The minimum absolute atomic E-state index is 0.00886. The van der Waals surface area contributed by atoms with Crippen molar-refractivity contribution in [1.29, 1.82) is 0 Å². The minimum atomic E-state index is -0.0801. The first-order chi connectivity index (χ1) is 15.2. The molecule has 0 bridgehead atoms. The van der Waals surface area contributed by atoms with Crippen molar-refractivity contribution in [1.82, 2.24) is 9.88 Å². The average molecular weight is 452 g/mol. The molecule has 1 aromatic carbocycles. The van der Waals surface area contributed by atoms with Gasteiger partial charge >= 0.3 is 0 Å². The zero-order chi connectivity index (χ0) is 21.2. The zero-order valence-electron chi connectivity index (χ0n) is 17.3. The number of amides is 2. The fourth-order valence-electron chi connectivity index (χ4n) is 4.46. The van der Waals surface area contributed by atoms with Crippen molar-refractivity contribution >= 4 is 39.6 Å². The highest BCUT2D eigenvalue weighted by atomic mass is 32.1. The predicted octanol–water partition coefficient (Wildman–Crippen LogP) is 5.24. The number of aryl methyl sites for hydroxylation is 2. The van der Waals surface area contributed by atoms with Gasteiger partial charge in [0.2, 0.25) is 5.91 Å². The van der Waals surface area contributed by atoms with Crippen LogP contribution in [0.15, 0.2) is 41.1 Å². The summed E-state index contributed by atoms with van der Waals surface area (Å²) in [6.45, 7) is 1.24. The molecule has 2 aliphatic rings. The Kier molecular flexibility index (Phi) is 5.87. The Labute approximate surface area is 190 Å². The molecular weight excluding hydrogens is 426 g/mol. The molecule has 7 heteroatoms. The van der Waals surface area contributed by atoms with Crippen LogP contribution in [0.25, 0.3) is 11.3 Å². The fourth-order valence-corrected chi connectivity index (χ4v) is 5.88. The quantitative estimate of drug-likeness (QED) is 0.590. The van der Waals surface area contributed by atoms with Crippen molar-refractivity contribution in [3.8, 4) is 11.3 Å². The normalized spacial score (nSPS) is 16.7. The number of carbonyl (C=O) groups is 2. The number of nitrogens with zero attached hydrogens (tertiary/aromatic N) is 2. The van der Waals surface area contributed by atoms with Crippen molar-refractivity contribution in [3.05, 3.63) is 57.1 Å². The molecule has 0 saturated carbocycles. The van der Waals surface area contributed by atoms with Gasteiger partial charge in [-0.05, 0) is 67.2 Å². The van der Waals surface area contributed by atoms with Crippen LogP contribution in [-0.4, -0.2) is 34.8 Å². The van der Waals surface area contributed by atoms with Crippen molar-refractivity contribution in [2.24, 2.45) is 5.92 Å². The molecule has 5 nitrogen and oxygen atoms in total. The molecule has 31 heavy (non-hydrogen) atoms. The molecule has 1 N–H and O–H groups in total. The summed E-state index contributed by atoms with van der Waals surface area (Å²) in [5, 5.41) is 7.58. The summed E-state index contributed by atoms with van der Waals surface area (Å²) in [5.74, 6) is 0.00140. The molecule has 3 aromatic rings. The van der Waals surface area contributed by atoms with Gasteiger partial charge in [-0.3, -0.25) is 9.59 Å². The summed E-state index contributed by atoms with van der Waals surface area (Å²) in [6.07, 6.45) is 6.22. The summed E-state index contributed by atoms with van der Waals surface area (Å²) >= 11 is 2.94. The maximum absolute atomic E-state index is 12.8. The second kappa shape index (κ2) is 8.93. The van der Waals surface area contributed by atoms with Gasteiger partial charge in [-0.15, -0.1) is 22.7 Å². The van der Waals surface area contributed by atoms with Crippen molar-refractivity contribution < 1.29 is 9.59 Å². The fraction of sp³-hybridized carbons (Fsp3) is 0.375. The van der Waals surface area contributed by atoms with Gasteiger partial charge in [0.05, 0.1) is 10.6 Å². The number of likely N-dealkylation sites (tertiary alicyclic amines) is 1. The maximum atomic E-state index is 12.8. The van der Waals surface area contributed by atoms with E-state index in [9.17, 15) is 9.59 Å². The van der Waals surface area contributed by atoms with E-state index >= 15 is 0 Å². The number of hydrogen-bond donors (Lipinski definition) is 1. The molecule has 2 aromatic heterocycles. The number of rotatable bonds is 4. The van der Waals surface area contributed by atoms with Crippen LogP contribution < -0.4 is 5.32 Å². The van der Waals surface area contributed by atoms with E-state index in [2.05, 4.69) is 28.5 Å². The summed E-state index contributed by atoms with van der Waals surface area (Å²) in [7, 11) is 0. The van der Waals surface area contributed by atoms with Crippen LogP contribution in [0.4, 0.5) is 5.13 Å². The first kappa shape index (κ1) is 20.4. The van der Waals surface area contributed by atoms with E-state index in [1.54, 1.807) is 0 Å². The Balaban J connectivity index is 1.18. The highest BCUT2D eigenvalue weighted by molar-refractivity contribution is 7.14. The van der Waals surface area contributed by atoms with Gasteiger partial charge in [0.1, 0.15) is 0 Å². The van der Waals surface area contributed by atoms with E-state index in [1.807, 2.05) is 27.8 Å². The molecule has 0 atom stereocenters. The molecule has 5 rings (SSSR count). The van der Waals surface area contributed by atoms with Crippen molar-refractivity contribution in [2.75, 3.05) is 18.4 Å². The van der Waals surface area contributed by atoms with Gasteiger partial charge in [-0.25, -0.2) is 4.98 Å². The Morgan fingerprint density at radius 1 is 1.03 bits per heavy atom. The van der Waals surface area contributed by atoms with Crippen LogP contribution in [-0.2, 0) is 17.6 Å². The monoisotopic (exact) mass is 451 g/mol. The molecule has 160 valence electrons. The molecule has 1 aliphatic carbocycles. The number of aromatic nitrogens is 1. The van der Waals surface area contributed by atoms with Crippen LogP contribution >= 0.6 is 22.7 Å². The average Bonchev–Trinajstić information content (AvgIpc) is 3.51. The Hall–Kier alpha value is -2.51. The smallest absolute Gasteiger partial charge is 0.263 e. The summed E-state index contributed by atoms with van der Waals surface area (Å²) in [6, 6.07) is 10.4. The second-order valence-electron chi connectivity index (χ2n) is 8.26. The SMILES string of the molecule is O=C(Nc1nc(-c2ccc3c(c2)CCCC3)cs1)C1CCN(C(=O)c2cccs2)CC1.